The van der Waals surface area contributed by atoms with Gasteiger partial charge < -0.3 is 15.1 Å². The second-order valence-electron chi connectivity index (χ2n) is 5.26. The third-order valence-electron chi connectivity index (χ3n) is 3.87. The van der Waals surface area contributed by atoms with Gasteiger partial charge in [0.25, 0.3) is 0 Å². The lowest BCUT2D eigenvalue weighted by molar-refractivity contribution is 0.645. The number of benzene rings is 1. The van der Waals surface area contributed by atoms with Crippen LogP contribution in [0.1, 0.15) is 5.56 Å². The molecule has 3 rings (SSSR count). The lowest BCUT2D eigenvalue weighted by Gasteiger charge is -2.37. The maximum absolute atomic E-state index is 4.60. The number of aromatic nitrogens is 2. The van der Waals surface area contributed by atoms with Gasteiger partial charge >= 0.3 is 0 Å². The molecule has 2 aromatic rings. The Morgan fingerprint density at radius 2 is 1.67 bits per heavy atom. The standard InChI is InChI=1S/C16H21N5/c1-13-12-18-16(17-2)19-15(13)21-10-8-20(9-11-21)14-6-4-3-5-7-14/h3-7,12H,8-11H2,1-2H3,(H,17,18,19). The first-order chi connectivity index (χ1) is 10.3. The normalized spacial score (nSPS) is 15.1. The Morgan fingerprint density at radius 3 is 2.33 bits per heavy atom. The van der Waals surface area contributed by atoms with Gasteiger partial charge in [0, 0.05) is 50.7 Å². The molecule has 1 saturated heterocycles. The molecule has 0 spiro atoms. The fourth-order valence-corrected chi connectivity index (χ4v) is 2.69. The van der Waals surface area contributed by atoms with Crippen LogP contribution in [0.25, 0.3) is 0 Å². The van der Waals surface area contributed by atoms with E-state index in [1.54, 1.807) is 0 Å². The molecule has 1 aromatic carbocycles. The SMILES string of the molecule is CNc1ncc(C)c(N2CCN(c3ccccc3)CC2)n1. The number of anilines is 3. The predicted molar refractivity (Wildman–Crippen MR) is 87.2 cm³/mol. The lowest BCUT2D eigenvalue weighted by atomic mass is 10.2. The molecule has 5 nitrogen and oxygen atoms in total. The molecule has 0 atom stereocenters. The first-order valence-corrected chi connectivity index (χ1v) is 7.34. The number of rotatable bonds is 3. The highest BCUT2D eigenvalue weighted by Gasteiger charge is 2.20. The summed E-state index contributed by atoms with van der Waals surface area (Å²) < 4.78 is 0. The van der Waals surface area contributed by atoms with Crippen LogP contribution >= 0.6 is 0 Å². The van der Waals surface area contributed by atoms with Crippen molar-refractivity contribution in [2.75, 3.05) is 48.3 Å². The first-order valence-electron chi connectivity index (χ1n) is 7.34. The van der Waals surface area contributed by atoms with Gasteiger partial charge in [-0.25, -0.2) is 4.98 Å². The highest BCUT2D eigenvalue weighted by Crippen LogP contribution is 2.22. The number of para-hydroxylation sites is 1. The van der Waals surface area contributed by atoms with Gasteiger partial charge in [-0.2, -0.15) is 4.98 Å². The minimum absolute atomic E-state index is 0.682. The summed E-state index contributed by atoms with van der Waals surface area (Å²) in [6.07, 6.45) is 1.89. The zero-order chi connectivity index (χ0) is 14.7. The summed E-state index contributed by atoms with van der Waals surface area (Å²) in [6, 6.07) is 10.6. The van der Waals surface area contributed by atoms with Gasteiger partial charge in [0.05, 0.1) is 0 Å². The summed E-state index contributed by atoms with van der Waals surface area (Å²) >= 11 is 0. The van der Waals surface area contributed by atoms with Crippen molar-refractivity contribution in [1.29, 1.82) is 0 Å². The highest BCUT2D eigenvalue weighted by molar-refractivity contribution is 5.52. The molecular weight excluding hydrogens is 262 g/mol. The van der Waals surface area contributed by atoms with E-state index in [-0.39, 0.29) is 0 Å². The van der Waals surface area contributed by atoms with Gasteiger partial charge in [-0.05, 0) is 19.1 Å². The zero-order valence-electron chi connectivity index (χ0n) is 12.6. The minimum Gasteiger partial charge on any atom is -0.368 e. The molecule has 1 aromatic heterocycles. The van der Waals surface area contributed by atoms with Crippen molar-refractivity contribution in [2.24, 2.45) is 0 Å². The molecular formula is C16H21N5. The molecule has 0 saturated carbocycles. The van der Waals surface area contributed by atoms with Gasteiger partial charge in [-0.1, -0.05) is 18.2 Å². The number of aryl methyl sites for hydroxylation is 1. The van der Waals surface area contributed by atoms with Crippen LogP contribution in [0.4, 0.5) is 17.5 Å². The molecule has 1 aliphatic rings. The number of nitrogens with one attached hydrogen (secondary N) is 1. The molecule has 1 fully saturated rings. The van der Waals surface area contributed by atoms with Gasteiger partial charge in [0.2, 0.25) is 5.95 Å². The summed E-state index contributed by atoms with van der Waals surface area (Å²) in [5.74, 6) is 1.73. The average molecular weight is 283 g/mol. The molecule has 0 radical (unpaired) electrons. The molecule has 110 valence electrons. The van der Waals surface area contributed by atoms with E-state index >= 15 is 0 Å². The van der Waals surface area contributed by atoms with Crippen LogP contribution in [-0.4, -0.2) is 43.2 Å². The van der Waals surface area contributed by atoms with Gasteiger partial charge in [-0.3, -0.25) is 0 Å². The van der Waals surface area contributed by atoms with Crippen LogP contribution in [0, 0.1) is 6.92 Å². The van der Waals surface area contributed by atoms with Crippen LogP contribution in [0.5, 0.6) is 0 Å². The van der Waals surface area contributed by atoms with Crippen molar-refractivity contribution in [3.8, 4) is 0 Å². The van der Waals surface area contributed by atoms with E-state index in [1.165, 1.54) is 5.69 Å². The Balaban J connectivity index is 1.71. The van der Waals surface area contributed by atoms with E-state index in [4.69, 9.17) is 0 Å². The van der Waals surface area contributed by atoms with Crippen molar-refractivity contribution in [3.63, 3.8) is 0 Å². The monoisotopic (exact) mass is 283 g/mol. The third-order valence-corrected chi connectivity index (χ3v) is 3.87. The zero-order valence-corrected chi connectivity index (χ0v) is 12.6. The topological polar surface area (TPSA) is 44.3 Å². The summed E-state index contributed by atoms with van der Waals surface area (Å²) in [4.78, 5) is 13.6. The molecule has 1 aliphatic heterocycles. The molecule has 0 bridgehead atoms. The molecule has 0 unspecified atom stereocenters. The Labute approximate surface area is 125 Å². The number of piperazine rings is 1. The van der Waals surface area contributed by atoms with Gasteiger partial charge in [0.15, 0.2) is 0 Å². The van der Waals surface area contributed by atoms with Crippen molar-refractivity contribution in [3.05, 3.63) is 42.1 Å². The highest BCUT2D eigenvalue weighted by atomic mass is 15.3. The Morgan fingerprint density at radius 1 is 1.00 bits per heavy atom. The van der Waals surface area contributed by atoms with Gasteiger partial charge in [-0.15, -0.1) is 0 Å². The maximum Gasteiger partial charge on any atom is 0.224 e. The van der Waals surface area contributed by atoms with Crippen LogP contribution < -0.4 is 15.1 Å². The van der Waals surface area contributed by atoms with E-state index < -0.39 is 0 Å². The predicted octanol–water partition coefficient (Wildman–Crippen LogP) is 2.15. The van der Waals surface area contributed by atoms with Crippen molar-refractivity contribution in [2.45, 2.75) is 6.92 Å². The third kappa shape index (κ3) is 2.91. The first kappa shape index (κ1) is 13.7. The molecule has 0 aliphatic carbocycles. The van der Waals surface area contributed by atoms with E-state index in [0.717, 1.165) is 37.6 Å². The second kappa shape index (κ2) is 5.99. The summed E-state index contributed by atoms with van der Waals surface area (Å²) in [5, 5.41) is 3.01. The quantitative estimate of drug-likeness (QED) is 0.935. The van der Waals surface area contributed by atoms with Gasteiger partial charge in [0.1, 0.15) is 5.82 Å². The summed E-state index contributed by atoms with van der Waals surface area (Å²) in [5.41, 5.74) is 2.43. The van der Waals surface area contributed by atoms with Crippen molar-refractivity contribution < 1.29 is 0 Å². The fourth-order valence-electron chi connectivity index (χ4n) is 2.69. The van der Waals surface area contributed by atoms with Crippen molar-refractivity contribution >= 4 is 17.5 Å². The van der Waals surface area contributed by atoms with E-state index in [9.17, 15) is 0 Å². The lowest BCUT2D eigenvalue weighted by Crippen LogP contribution is -2.47. The van der Waals surface area contributed by atoms with Crippen LogP contribution in [-0.2, 0) is 0 Å². The largest absolute Gasteiger partial charge is 0.368 e. The smallest absolute Gasteiger partial charge is 0.224 e. The maximum atomic E-state index is 4.60. The molecule has 2 heterocycles. The number of hydrogen-bond donors (Lipinski definition) is 1. The average Bonchev–Trinajstić information content (AvgIpc) is 2.56. The van der Waals surface area contributed by atoms with E-state index in [2.05, 4.69) is 62.3 Å². The Kier molecular flexibility index (Phi) is 3.90. The summed E-state index contributed by atoms with van der Waals surface area (Å²) in [7, 11) is 1.85. The fraction of sp³-hybridized carbons (Fsp3) is 0.375. The van der Waals surface area contributed by atoms with Crippen LogP contribution in [0.2, 0.25) is 0 Å². The van der Waals surface area contributed by atoms with Crippen LogP contribution in [0.3, 0.4) is 0 Å². The number of nitrogens with zero attached hydrogens (tertiary/aromatic N) is 4. The minimum atomic E-state index is 0.682. The van der Waals surface area contributed by atoms with Crippen molar-refractivity contribution in [1.82, 2.24) is 9.97 Å². The molecule has 1 N–H and O–H groups in total. The Bertz CT molecular complexity index is 591. The second-order valence-corrected chi connectivity index (χ2v) is 5.26. The number of hydrogen-bond acceptors (Lipinski definition) is 5. The molecule has 21 heavy (non-hydrogen) atoms. The Hall–Kier alpha value is -2.30. The molecule has 0 amide bonds. The van der Waals surface area contributed by atoms with Crippen LogP contribution in [0.15, 0.2) is 36.5 Å². The van der Waals surface area contributed by atoms with E-state index in [0.29, 0.717) is 5.95 Å². The van der Waals surface area contributed by atoms with E-state index in [1.807, 2.05) is 13.2 Å². The summed E-state index contributed by atoms with van der Waals surface area (Å²) in [6.45, 7) is 6.06. The molecule has 5 heteroatoms.